The minimum Gasteiger partial charge on any atom is -0.450 e. The highest BCUT2D eigenvalue weighted by Crippen LogP contribution is 2.41. The quantitative estimate of drug-likeness (QED) is 0.383. The zero-order valence-corrected chi connectivity index (χ0v) is 18.2. The van der Waals surface area contributed by atoms with Gasteiger partial charge < -0.3 is 4.42 Å². The number of amides is 1. The second-order valence-electron chi connectivity index (χ2n) is 7.56. The van der Waals surface area contributed by atoms with Gasteiger partial charge >= 0.3 is 0 Å². The van der Waals surface area contributed by atoms with Gasteiger partial charge in [0.15, 0.2) is 5.43 Å². The van der Waals surface area contributed by atoms with E-state index in [0.29, 0.717) is 32.4 Å². The van der Waals surface area contributed by atoms with Gasteiger partial charge in [-0.2, -0.15) is 0 Å². The molecule has 0 saturated carbocycles. The number of pyridine rings is 1. The van der Waals surface area contributed by atoms with Crippen molar-refractivity contribution in [3.63, 3.8) is 0 Å². The number of halogens is 2. The SMILES string of the molecule is Cc1ccc2oc3c(c(=O)c2c1)[C@@H](c1ccc(Cl)c(Cl)c1)N(c1cccc(C)n1)C3=O. The summed E-state index contributed by atoms with van der Waals surface area (Å²) in [7, 11) is 0. The summed E-state index contributed by atoms with van der Waals surface area (Å²) in [6.07, 6.45) is 0. The largest absolute Gasteiger partial charge is 0.450 e. The zero-order valence-electron chi connectivity index (χ0n) is 16.6. The molecule has 3 heterocycles. The first-order valence-corrected chi connectivity index (χ1v) is 10.4. The summed E-state index contributed by atoms with van der Waals surface area (Å²) in [5.41, 5.74) is 2.70. The summed E-state index contributed by atoms with van der Waals surface area (Å²) >= 11 is 12.4. The maximum absolute atomic E-state index is 13.6. The van der Waals surface area contributed by atoms with E-state index in [1.807, 2.05) is 32.0 Å². The molecule has 0 radical (unpaired) electrons. The highest BCUT2D eigenvalue weighted by atomic mass is 35.5. The van der Waals surface area contributed by atoms with E-state index in [1.165, 1.54) is 4.90 Å². The monoisotopic (exact) mass is 450 g/mol. The fourth-order valence-corrected chi connectivity index (χ4v) is 4.29. The van der Waals surface area contributed by atoms with E-state index < -0.39 is 11.9 Å². The Labute approximate surface area is 187 Å². The van der Waals surface area contributed by atoms with Gasteiger partial charge in [0.2, 0.25) is 5.76 Å². The molecule has 0 bridgehead atoms. The van der Waals surface area contributed by atoms with Crippen molar-refractivity contribution < 1.29 is 9.21 Å². The van der Waals surface area contributed by atoms with Gasteiger partial charge in [-0.05, 0) is 55.8 Å². The van der Waals surface area contributed by atoms with Gasteiger partial charge in [0.05, 0.1) is 27.0 Å². The Morgan fingerprint density at radius 2 is 1.77 bits per heavy atom. The summed E-state index contributed by atoms with van der Waals surface area (Å²) in [4.78, 5) is 33.1. The molecule has 0 saturated heterocycles. The highest BCUT2D eigenvalue weighted by Gasteiger charge is 2.44. The van der Waals surface area contributed by atoms with Crippen LogP contribution in [-0.2, 0) is 0 Å². The number of fused-ring (bicyclic) bond motifs is 2. The Hall–Kier alpha value is -3.15. The van der Waals surface area contributed by atoms with Crippen LogP contribution in [-0.4, -0.2) is 10.9 Å². The van der Waals surface area contributed by atoms with E-state index in [-0.39, 0.29) is 16.8 Å². The molecule has 0 unspecified atom stereocenters. The van der Waals surface area contributed by atoms with Crippen molar-refractivity contribution in [2.45, 2.75) is 19.9 Å². The van der Waals surface area contributed by atoms with E-state index in [4.69, 9.17) is 27.6 Å². The average molecular weight is 451 g/mol. The fraction of sp³-hybridized carbons (Fsp3) is 0.125. The summed E-state index contributed by atoms with van der Waals surface area (Å²) in [5.74, 6) is 0.0107. The first-order valence-electron chi connectivity index (χ1n) is 9.64. The van der Waals surface area contributed by atoms with Gasteiger partial charge in [-0.25, -0.2) is 4.98 Å². The predicted molar refractivity (Wildman–Crippen MR) is 121 cm³/mol. The van der Waals surface area contributed by atoms with Crippen LogP contribution in [0.2, 0.25) is 10.0 Å². The van der Waals surface area contributed by atoms with Crippen molar-refractivity contribution in [1.29, 1.82) is 0 Å². The number of carbonyl (C=O) groups is 1. The molecule has 1 amide bonds. The number of benzene rings is 2. The van der Waals surface area contributed by atoms with Gasteiger partial charge in [0.1, 0.15) is 11.4 Å². The summed E-state index contributed by atoms with van der Waals surface area (Å²) in [6.45, 7) is 3.74. The Morgan fingerprint density at radius 3 is 2.52 bits per heavy atom. The third-order valence-electron chi connectivity index (χ3n) is 5.41. The van der Waals surface area contributed by atoms with Crippen LogP contribution in [0.15, 0.2) is 63.8 Å². The van der Waals surface area contributed by atoms with Crippen LogP contribution in [0.1, 0.15) is 39.0 Å². The minimum absolute atomic E-state index is 0.0146. The third-order valence-corrected chi connectivity index (χ3v) is 6.14. The normalized spacial score (nSPS) is 15.5. The maximum Gasteiger partial charge on any atom is 0.296 e. The Balaban J connectivity index is 1.84. The van der Waals surface area contributed by atoms with Gasteiger partial charge in [-0.3, -0.25) is 14.5 Å². The van der Waals surface area contributed by atoms with Crippen LogP contribution in [0, 0.1) is 13.8 Å². The molecule has 0 fully saturated rings. The molecule has 5 rings (SSSR count). The first kappa shape index (κ1) is 19.8. The summed E-state index contributed by atoms with van der Waals surface area (Å²) < 4.78 is 5.96. The molecule has 1 aliphatic heterocycles. The molecule has 31 heavy (non-hydrogen) atoms. The number of anilines is 1. The molecule has 5 nitrogen and oxygen atoms in total. The fourth-order valence-electron chi connectivity index (χ4n) is 3.98. The van der Waals surface area contributed by atoms with Crippen LogP contribution in [0.25, 0.3) is 11.0 Å². The molecule has 1 atom stereocenters. The minimum atomic E-state index is -0.743. The van der Waals surface area contributed by atoms with Gasteiger partial charge in [-0.1, -0.05) is 47.0 Å². The number of hydrogen-bond acceptors (Lipinski definition) is 4. The molecule has 0 spiro atoms. The van der Waals surface area contributed by atoms with Crippen molar-refractivity contribution >= 4 is 45.9 Å². The molecule has 1 aliphatic rings. The molecular formula is C24H16Cl2N2O3. The van der Waals surface area contributed by atoms with Crippen LogP contribution >= 0.6 is 23.2 Å². The second kappa shape index (κ2) is 7.22. The standard InChI is InChI=1S/C24H16Cl2N2O3/c1-12-6-9-18-15(10-12)22(29)20-21(14-7-8-16(25)17(26)11-14)28(24(30)23(20)31-18)19-5-3-4-13(2)27-19/h3-11,21H,1-2H3/t21-/m1/s1. The van der Waals surface area contributed by atoms with Gasteiger partial charge in [0.25, 0.3) is 5.91 Å². The van der Waals surface area contributed by atoms with Crippen LogP contribution in [0.3, 0.4) is 0 Å². The lowest BCUT2D eigenvalue weighted by atomic mass is 9.98. The van der Waals surface area contributed by atoms with Crippen molar-refractivity contribution in [2.24, 2.45) is 0 Å². The molecule has 2 aromatic carbocycles. The molecule has 4 aromatic rings. The molecule has 154 valence electrons. The zero-order chi connectivity index (χ0) is 21.9. The first-order chi connectivity index (χ1) is 14.8. The lowest BCUT2D eigenvalue weighted by molar-refractivity contribution is 0.0970. The molecule has 0 aliphatic carbocycles. The van der Waals surface area contributed by atoms with E-state index in [2.05, 4.69) is 4.98 Å². The Kier molecular flexibility index (Phi) is 4.61. The van der Waals surface area contributed by atoms with Crippen LogP contribution < -0.4 is 10.3 Å². The molecule has 2 aromatic heterocycles. The average Bonchev–Trinajstić information content (AvgIpc) is 3.03. The number of aryl methyl sites for hydroxylation is 2. The number of hydrogen-bond donors (Lipinski definition) is 0. The number of nitrogens with zero attached hydrogens (tertiary/aromatic N) is 2. The van der Waals surface area contributed by atoms with Crippen molar-refractivity contribution in [3.05, 3.63) is 103 Å². The van der Waals surface area contributed by atoms with E-state index in [1.54, 1.807) is 36.4 Å². The van der Waals surface area contributed by atoms with Crippen LogP contribution in [0.5, 0.6) is 0 Å². The topological polar surface area (TPSA) is 63.4 Å². The van der Waals surface area contributed by atoms with E-state index in [9.17, 15) is 9.59 Å². The van der Waals surface area contributed by atoms with Crippen molar-refractivity contribution in [2.75, 3.05) is 4.90 Å². The van der Waals surface area contributed by atoms with E-state index >= 15 is 0 Å². The van der Waals surface area contributed by atoms with E-state index in [0.717, 1.165) is 11.3 Å². The van der Waals surface area contributed by atoms with Crippen molar-refractivity contribution in [1.82, 2.24) is 4.98 Å². The number of carbonyl (C=O) groups excluding carboxylic acids is 1. The second-order valence-corrected chi connectivity index (χ2v) is 8.38. The molecular weight excluding hydrogens is 435 g/mol. The third kappa shape index (κ3) is 3.12. The smallest absolute Gasteiger partial charge is 0.296 e. The lowest BCUT2D eigenvalue weighted by Gasteiger charge is -2.24. The van der Waals surface area contributed by atoms with Crippen molar-refractivity contribution in [3.8, 4) is 0 Å². The number of aromatic nitrogens is 1. The predicted octanol–water partition coefficient (Wildman–Crippen LogP) is 5.86. The van der Waals surface area contributed by atoms with Gasteiger partial charge in [0, 0.05) is 5.69 Å². The Morgan fingerprint density at radius 1 is 0.968 bits per heavy atom. The Bertz CT molecular complexity index is 1440. The van der Waals surface area contributed by atoms with Crippen LogP contribution in [0.4, 0.5) is 5.82 Å². The lowest BCUT2D eigenvalue weighted by Crippen LogP contribution is -2.30. The molecule has 0 N–H and O–H groups in total. The molecule has 7 heteroatoms. The van der Waals surface area contributed by atoms with Gasteiger partial charge in [-0.15, -0.1) is 0 Å². The highest BCUT2D eigenvalue weighted by molar-refractivity contribution is 6.42. The summed E-state index contributed by atoms with van der Waals surface area (Å²) in [5, 5.41) is 1.14. The summed E-state index contributed by atoms with van der Waals surface area (Å²) in [6, 6.07) is 15.0. The number of rotatable bonds is 2. The maximum atomic E-state index is 13.6.